The van der Waals surface area contributed by atoms with E-state index in [0.29, 0.717) is 22.1 Å². The second kappa shape index (κ2) is 8.64. The molecule has 1 heterocycles. The molecule has 9 heteroatoms. The Morgan fingerprint density at radius 3 is 2.54 bits per heavy atom. The maximum Gasteiger partial charge on any atom is 0.238 e. The highest BCUT2D eigenvalue weighted by Gasteiger charge is 2.12. The zero-order valence-corrected chi connectivity index (χ0v) is 17.5. The Bertz CT molecular complexity index is 1040. The summed E-state index contributed by atoms with van der Waals surface area (Å²) in [7, 11) is 1.81. The number of carbonyl (C=O) groups excluding carboxylic acids is 1. The number of carbonyl (C=O) groups is 1. The number of amides is 1. The highest BCUT2D eigenvalue weighted by molar-refractivity contribution is 7.71. The minimum atomic E-state index is -0.177. The third kappa shape index (κ3) is 4.83. The van der Waals surface area contributed by atoms with Crippen LogP contribution in [-0.4, -0.2) is 44.2 Å². The van der Waals surface area contributed by atoms with Crippen LogP contribution >= 0.6 is 23.8 Å². The lowest BCUT2D eigenvalue weighted by atomic mass is 10.1. The zero-order chi connectivity index (χ0) is 20.3. The standard InChI is InChI=1S/C19H21ClN6OS/c1-13-8-14(2)10-15(9-13)26-19(28)25(22-23-26)12-24(3)11-18(27)21-17-7-5-4-6-16(17)20/h4-10H,11-12H2,1-3H3,(H,21,27). The first-order valence-corrected chi connectivity index (χ1v) is 9.46. The monoisotopic (exact) mass is 416 g/mol. The third-order valence-corrected chi connectivity index (χ3v) is 4.74. The molecule has 28 heavy (non-hydrogen) atoms. The quantitative estimate of drug-likeness (QED) is 0.622. The molecule has 0 radical (unpaired) electrons. The molecule has 0 saturated heterocycles. The smallest absolute Gasteiger partial charge is 0.238 e. The summed E-state index contributed by atoms with van der Waals surface area (Å²) in [5.41, 5.74) is 3.70. The largest absolute Gasteiger partial charge is 0.324 e. The Hall–Kier alpha value is -2.55. The van der Waals surface area contributed by atoms with Gasteiger partial charge in [-0.1, -0.05) is 29.8 Å². The van der Waals surface area contributed by atoms with Crippen molar-refractivity contribution in [3.8, 4) is 5.69 Å². The van der Waals surface area contributed by atoms with Crippen LogP contribution in [0, 0.1) is 18.6 Å². The van der Waals surface area contributed by atoms with Gasteiger partial charge in [0.2, 0.25) is 10.7 Å². The molecule has 2 aromatic carbocycles. The second-order valence-corrected chi connectivity index (χ2v) is 7.47. The first-order valence-electron chi connectivity index (χ1n) is 8.68. The minimum Gasteiger partial charge on any atom is -0.324 e. The van der Waals surface area contributed by atoms with E-state index in [0.717, 1.165) is 16.8 Å². The fourth-order valence-electron chi connectivity index (χ4n) is 2.87. The Labute approximate surface area is 173 Å². The van der Waals surface area contributed by atoms with E-state index in [1.165, 1.54) is 0 Å². The van der Waals surface area contributed by atoms with Gasteiger partial charge < -0.3 is 5.32 Å². The number of hydrogen-bond donors (Lipinski definition) is 1. The van der Waals surface area contributed by atoms with Crippen molar-refractivity contribution in [2.24, 2.45) is 0 Å². The topological polar surface area (TPSA) is 68.0 Å². The summed E-state index contributed by atoms with van der Waals surface area (Å²) in [5, 5.41) is 11.6. The van der Waals surface area contributed by atoms with Crippen LogP contribution in [0.15, 0.2) is 42.5 Å². The number of para-hydroxylation sites is 1. The number of aryl methyl sites for hydroxylation is 2. The minimum absolute atomic E-state index is 0.156. The number of benzene rings is 2. The molecule has 0 aliphatic carbocycles. The lowest BCUT2D eigenvalue weighted by molar-refractivity contribution is -0.117. The van der Waals surface area contributed by atoms with Crippen molar-refractivity contribution >= 4 is 35.4 Å². The fraction of sp³-hybridized carbons (Fsp3) is 0.263. The van der Waals surface area contributed by atoms with Gasteiger partial charge in [-0.3, -0.25) is 9.69 Å². The van der Waals surface area contributed by atoms with Crippen LogP contribution in [0.2, 0.25) is 5.02 Å². The fourth-order valence-corrected chi connectivity index (χ4v) is 3.29. The summed E-state index contributed by atoms with van der Waals surface area (Å²) in [6, 6.07) is 13.2. The van der Waals surface area contributed by atoms with E-state index in [1.807, 2.05) is 45.2 Å². The van der Waals surface area contributed by atoms with Gasteiger partial charge in [0, 0.05) is 0 Å². The molecule has 7 nitrogen and oxygen atoms in total. The number of likely N-dealkylation sites (N-methyl/N-ethyl adjacent to an activating group) is 1. The van der Waals surface area contributed by atoms with E-state index in [2.05, 4.69) is 21.8 Å². The van der Waals surface area contributed by atoms with Crippen molar-refractivity contribution in [2.75, 3.05) is 18.9 Å². The van der Waals surface area contributed by atoms with Crippen LogP contribution in [0.4, 0.5) is 5.69 Å². The van der Waals surface area contributed by atoms with Gasteiger partial charge >= 0.3 is 0 Å². The number of nitrogens with zero attached hydrogens (tertiary/aromatic N) is 5. The first kappa shape index (κ1) is 20.2. The second-order valence-electron chi connectivity index (χ2n) is 6.70. The lowest BCUT2D eigenvalue weighted by Gasteiger charge is -2.16. The van der Waals surface area contributed by atoms with Gasteiger partial charge in [-0.15, -0.1) is 0 Å². The van der Waals surface area contributed by atoms with Gasteiger partial charge in [-0.25, -0.2) is 4.68 Å². The Morgan fingerprint density at radius 2 is 1.86 bits per heavy atom. The molecule has 0 bridgehead atoms. The lowest BCUT2D eigenvalue weighted by Crippen LogP contribution is -2.32. The number of halogens is 1. The van der Waals surface area contributed by atoms with E-state index < -0.39 is 0 Å². The van der Waals surface area contributed by atoms with Gasteiger partial charge in [0.15, 0.2) is 0 Å². The van der Waals surface area contributed by atoms with E-state index in [1.54, 1.807) is 26.4 Å². The number of anilines is 1. The summed E-state index contributed by atoms with van der Waals surface area (Å²) < 4.78 is 3.66. The summed E-state index contributed by atoms with van der Waals surface area (Å²) in [4.78, 5) is 14.1. The molecule has 0 atom stereocenters. The zero-order valence-electron chi connectivity index (χ0n) is 15.9. The average Bonchev–Trinajstić information content (AvgIpc) is 2.96. The van der Waals surface area contributed by atoms with Crippen LogP contribution in [0.25, 0.3) is 5.69 Å². The van der Waals surface area contributed by atoms with E-state index in [-0.39, 0.29) is 12.5 Å². The van der Waals surface area contributed by atoms with E-state index >= 15 is 0 Å². The molecule has 0 aliphatic heterocycles. The predicted octanol–water partition coefficient (Wildman–Crippen LogP) is 3.60. The molecular weight excluding hydrogens is 396 g/mol. The molecule has 1 N–H and O–H groups in total. The van der Waals surface area contributed by atoms with Crippen LogP contribution in [-0.2, 0) is 11.5 Å². The van der Waals surface area contributed by atoms with Crippen LogP contribution < -0.4 is 5.32 Å². The molecule has 0 unspecified atom stereocenters. The van der Waals surface area contributed by atoms with Gasteiger partial charge in [0.1, 0.15) is 0 Å². The summed E-state index contributed by atoms with van der Waals surface area (Å²) >= 11 is 11.6. The van der Waals surface area contributed by atoms with Gasteiger partial charge in [-0.2, -0.15) is 4.68 Å². The summed E-state index contributed by atoms with van der Waals surface area (Å²) in [6.45, 7) is 4.54. The molecule has 0 saturated carbocycles. The van der Waals surface area contributed by atoms with Crippen molar-refractivity contribution < 1.29 is 4.79 Å². The highest BCUT2D eigenvalue weighted by atomic mass is 35.5. The van der Waals surface area contributed by atoms with Crippen LogP contribution in [0.5, 0.6) is 0 Å². The maximum atomic E-state index is 12.3. The molecule has 0 spiro atoms. The molecule has 1 aromatic heterocycles. The Kier molecular flexibility index (Phi) is 6.23. The van der Waals surface area contributed by atoms with Crippen molar-refractivity contribution in [3.63, 3.8) is 0 Å². The van der Waals surface area contributed by atoms with Crippen LogP contribution in [0.3, 0.4) is 0 Å². The normalized spacial score (nSPS) is 11.0. The number of tetrazole rings is 1. The van der Waals surface area contributed by atoms with Crippen LogP contribution in [0.1, 0.15) is 11.1 Å². The SMILES string of the molecule is Cc1cc(C)cc(-n2nnn(CN(C)CC(=O)Nc3ccccc3Cl)c2=S)c1. The summed E-state index contributed by atoms with van der Waals surface area (Å²) in [5.74, 6) is -0.177. The molecule has 0 fully saturated rings. The molecule has 3 aromatic rings. The Balaban J connectivity index is 1.67. The number of aromatic nitrogens is 4. The number of nitrogens with one attached hydrogen (secondary N) is 1. The van der Waals surface area contributed by atoms with Gasteiger partial charge in [0.05, 0.1) is 29.6 Å². The van der Waals surface area contributed by atoms with Crippen molar-refractivity contribution in [1.29, 1.82) is 0 Å². The molecule has 3 rings (SSSR count). The van der Waals surface area contributed by atoms with E-state index in [9.17, 15) is 4.79 Å². The maximum absolute atomic E-state index is 12.3. The van der Waals surface area contributed by atoms with Gasteiger partial charge in [-0.05, 0) is 78.9 Å². The van der Waals surface area contributed by atoms with Crippen molar-refractivity contribution in [3.05, 3.63) is 63.4 Å². The van der Waals surface area contributed by atoms with Crippen molar-refractivity contribution in [2.45, 2.75) is 20.5 Å². The first-order chi connectivity index (χ1) is 13.3. The highest BCUT2D eigenvalue weighted by Crippen LogP contribution is 2.20. The van der Waals surface area contributed by atoms with E-state index in [4.69, 9.17) is 23.8 Å². The molecular formula is C19H21ClN6OS. The average molecular weight is 417 g/mol. The Morgan fingerprint density at radius 1 is 1.18 bits per heavy atom. The molecule has 146 valence electrons. The predicted molar refractivity (Wildman–Crippen MR) is 112 cm³/mol. The number of hydrogen-bond acceptors (Lipinski definition) is 5. The van der Waals surface area contributed by atoms with Crippen molar-refractivity contribution in [1.82, 2.24) is 24.7 Å². The summed E-state index contributed by atoms with van der Waals surface area (Å²) in [6.07, 6.45) is 0. The molecule has 1 amide bonds. The van der Waals surface area contributed by atoms with Gasteiger partial charge in [0.25, 0.3) is 0 Å². The molecule has 0 aliphatic rings. The number of rotatable bonds is 6. The third-order valence-electron chi connectivity index (χ3n) is 4.03.